The van der Waals surface area contributed by atoms with Gasteiger partial charge in [0.05, 0.1) is 5.41 Å². The molecule has 2 rings (SSSR count). The fourth-order valence-corrected chi connectivity index (χ4v) is 2.06. The van der Waals surface area contributed by atoms with Crippen LogP contribution in [-0.4, -0.2) is 21.3 Å². The van der Waals surface area contributed by atoms with Crippen LogP contribution < -0.4 is 0 Å². The highest BCUT2D eigenvalue weighted by Crippen LogP contribution is 2.48. The lowest BCUT2D eigenvalue weighted by molar-refractivity contribution is -0.147. The van der Waals surface area contributed by atoms with Gasteiger partial charge in [-0.3, -0.25) is 4.79 Å². The summed E-state index contributed by atoms with van der Waals surface area (Å²) in [6.07, 6.45) is 1.52. The summed E-state index contributed by atoms with van der Waals surface area (Å²) in [6, 6.07) is 1.74. The van der Waals surface area contributed by atoms with Crippen LogP contribution in [0.15, 0.2) is 12.1 Å². The molecule has 86 valence electrons. The van der Waals surface area contributed by atoms with Crippen molar-refractivity contribution in [3.63, 3.8) is 0 Å². The van der Waals surface area contributed by atoms with Crippen LogP contribution in [0.5, 0.6) is 11.5 Å². The number of benzene rings is 1. The summed E-state index contributed by atoms with van der Waals surface area (Å²) < 4.78 is 12.9. The second-order valence-electron chi connectivity index (χ2n) is 4.06. The zero-order chi connectivity index (χ0) is 11.9. The Morgan fingerprint density at radius 1 is 1.25 bits per heavy atom. The Bertz CT molecular complexity index is 452. The molecule has 1 saturated carbocycles. The number of phenols is 2. The first-order valence-electron chi connectivity index (χ1n) is 4.93. The molecule has 1 aromatic rings. The molecule has 0 spiro atoms. The largest absolute Gasteiger partial charge is 0.508 e. The van der Waals surface area contributed by atoms with Crippen molar-refractivity contribution in [2.24, 2.45) is 0 Å². The van der Waals surface area contributed by atoms with Crippen LogP contribution in [0.3, 0.4) is 0 Å². The maximum absolute atomic E-state index is 12.9. The van der Waals surface area contributed by atoms with Crippen LogP contribution >= 0.6 is 0 Å². The van der Waals surface area contributed by atoms with Crippen LogP contribution in [0.2, 0.25) is 0 Å². The zero-order valence-electron chi connectivity index (χ0n) is 8.40. The van der Waals surface area contributed by atoms with E-state index in [-0.39, 0.29) is 5.56 Å². The minimum Gasteiger partial charge on any atom is -0.508 e. The minimum atomic E-state index is -1.17. The van der Waals surface area contributed by atoms with E-state index in [9.17, 15) is 19.4 Å². The number of halogens is 1. The number of hydrogen-bond acceptors (Lipinski definition) is 3. The standard InChI is InChI=1S/C11H11FO4/c12-7-5-8(13)6(4-9(7)14)11(10(15)16)2-1-3-11/h4-5,13-14H,1-3H2,(H,15,16). The van der Waals surface area contributed by atoms with Gasteiger partial charge in [0.25, 0.3) is 0 Å². The van der Waals surface area contributed by atoms with Crippen molar-refractivity contribution in [2.75, 3.05) is 0 Å². The van der Waals surface area contributed by atoms with Gasteiger partial charge in [0, 0.05) is 11.6 Å². The topological polar surface area (TPSA) is 77.8 Å². The Labute approximate surface area is 91.0 Å². The third-order valence-electron chi connectivity index (χ3n) is 3.20. The Hall–Kier alpha value is -1.78. The van der Waals surface area contributed by atoms with E-state index in [0.717, 1.165) is 18.6 Å². The van der Waals surface area contributed by atoms with Crippen molar-refractivity contribution in [3.8, 4) is 11.5 Å². The van der Waals surface area contributed by atoms with Crippen molar-refractivity contribution < 1.29 is 24.5 Å². The number of carboxylic acid groups (broad SMARTS) is 1. The van der Waals surface area contributed by atoms with Crippen LogP contribution in [0.4, 0.5) is 4.39 Å². The molecule has 5 heteroatoms. The molecule has 0 heterocycles. The van der Waals surface area contributed by atoms with Crippen molar-refractivity contribution >= 4 is 5.97 Å². The zero-order valence-corrected chi connectivity index (χ0v) is 8.40. The molecule has 0 bridgehead atoms. The third-order valence-corrected chi connectivity index (χ3v) is 3.20. The molecule has 0 radical (unpaired) electrons. The Morgan fingerprint density at radius 2 is 1.88 bits per heavy atom. The van der Waals surface area contributed by atoms with Crippen molar-refractivity contribution in [1.29, 1.82) is 0 Å². The van der Waals surface area contributed by atoms with E-state index in [2.05, 4.69) is 0 Å². The quantitative estimate of drug-likeness (QED) is 0.671. The first-order valence-corrected chi connectivity index (χ1v) is 4.93. The van der Waals surface area contributed by atoms with E-state index < -0.39 is 28.7 Å². The average molecular weight is 226 g/mol. The molecule has 0 unspecified atom stereocenters. The fraction of sp³-hybridized carbons (Fsp3) is 0.364. The third kappa shape index (κ3) is 1.31. The van der Waals surface area contributed by atoms with Gasteiger partial charge in [-0.25, -0.2) is 4.39 Å². The highest BCUT2D eigenvalue weighted by molar-refractivity contribution is 5.83. The maximum Gasteiger partial charge on any atom is 0.314 e. The number of phenolic OH excluding ortho intramolecular Hbond substituents is 2. The average Bonchev–Trinajstić information content (AvgIpc) is 2.11. The summed E-state index contributed by atoms with van der Waals surface area (Å²) >= 11 is 0. The van der Waals surface area contributed by atoms with E-state index in [0.29, 0.717) is 12.8 Å². The Kier molecular flexibility index (Phi) is 2.26. The van der Waals surface area contributed by atoms with Gasteiger partial charge < -0.3 is 15.3 Å². The van der Waals surface area contributed by atoms with Gasteiger partial charge in [-0.2, -0.15) is 0 Å². The van der Waals surface area contributed by atoms with Crippen molar-refractivity contribution in [3.05, 3.63) is 23.5 Å². The summed E-state index contributed by atoms with van der Waals surface area (Å²) in [5.74, 6) is -3.07. The molecule has 0 aromatic heterocycles. The lowest BCUT2D eigenvalue weighted by Gasteiger charge is -2.38. The molecular formula is C11H11FO4. The SMILES string of the molecule is O=C(O)C1(c2cc(O)c(F)cc2O)CCC1. The first kappa shape index (κ1) is 10.7. The minimum absolute atomic E-state index is 0.0881. The van der Waals surface area contributed by atoms with E-state index in [1.165, 1.54) is 0 Å². The monoisotopic (exact) mass is 226 g/mol. The normalized spacial score (nSPS) is 17.8. The van der Waals surface area contributed by atoms with E-state index in [1.807, 2.05) is 0 Å². The Morgan fingerprint density at radius 3 is 2.31 bits per heavy atom. The molecule has 3 N–H and O–H groups in total. The number of aliphatic carboxylic acids is 1. The predicted octanol–water partition coefficient (Wildman–Crippen LogP) is 1.74. The van der Waals surface area contributed by atoms with E-state index in [4.69, 9.17) is 5.11 Å². The smallest absolute Gasteiger partial charge is 0.314 e. The van der Waals surface area contributed by atoms with Gasteiger partial charge in [-0.05, 0) is 18.9 Å². The number of aromatic hydroxyl groups is 2. The molecule has 4 nitrogen and oxygen atoms in total. The molecular weight excluding hydrogens is 215 g/mol. The van der Waals surface area contributed by atoms with Crippen LogP contribution in [0.25, 0.3) is 0 Å². The van der Waals surface area contributed by atoms with Gasteiger partial charge in [0.15, 0.2) is 11.6 Å². The number of rotatable bonds is 2. The fourth-order valence-electron chi connectivity index (χ4n) is 2.06. The highest BCUT2D eigenvalue weighted by atomic mass is 19.1. The summed E-state index contributed by atoms with van der Waals surface area (Å²) in [5.41, 5.74) is -1.08. The highest BCUT2D eigenvalue weighted by Gasteiger charge is 2.47. The van der Waals surface area contributed by atoms with Gasteiger partial charge in [-0.15, -0.1) is 0 Å². The second kappa shape index (κ2) is 3.37. The summed E-state index contributed by atoms with van der Waals surface area (Å²) in [4.78, 5) is 11.2. The molecule has 1 fully saturated rings. The first-order chi connectivity index (χ1) is 7.47. The molecule has 1 aromatic carbocycles. The summed E-state index contributed by atoms with van der Waals surface area (Å²) in [7, 11) is 0. The van der Waals surface area contributed by atoms with Crippen molar-refractivity contribution in [1.82, 2.24) is 0 Å². The number of carboxylic acids is 1. The number of hydrogen-bond donors (Lipinski definition) is 3. The molecule has 16 heavy (non-hydrogen) atoms. The van der Waals surface area contributed by atoms with Gasteiger partial charge in [-0.1, -0.05) is 6.42 Å². The van der Waals surface area contributed by atoms with Crippen LogP contribution in [0.1, 0.15) is 24.8 Å². The lowest BCUT2D eigenvalue weighted by Crippen LogP contribution is -2.42. The van der Waals surface area contributed by atoms with Gasteiger partial charge in [0.1, 0.15) is 5.75 Å². The lowest BCUT2D eigenvalue weighted by atomic mass is 9.64. The van der Waals surface area contributed by atoms with Crippen LogP contribution in [0, 0.1) is 5.82 Å². The predicted molar refractivity (Wildman–Crippen MR) is 52.9 cm³/mol. The molecule has 0 amide bonds. The number of carbonyl (C=O) groups is 1. The summed E-state index contributed by atoms with van der Waals surface area (Å²) in [6.45, 7) is 0. The van der Waals surface area contributed by atoms with Gasteiger partial charge >= 0.3 is 5.97 Å². The second-order valence-corrected chi connectivity index (χ2v) is 4.06. The van der Waals surface area contributed by atoms with E-state index >= 15 is 0 Å². The van der Waals surface area contributed by atoms with E-state index in [1.54, 1.807) is 0 Å². The summed E-state index contributed by atoms with van der Waals surface area (Å²) in [5, 5.41) is 27.9. The van der Waals surface area contributed by atoms with Crippen LogP contribution in [-0.2, 0) is 10.2 Å². The molecule has 1 aliphatic rings. The molecule has 1 aliphatic carbocycles. The molecule has 0 atom stereocenters. The Balaban J connectivity index is 2.55. The maximum atomic E-state index is 12.9. The molecule has 0 aliphatic heterocycles. The van der Waals surface area contributed by atoms with Gasteiger partial charge in [0.2, 0.25) is 0 Å². The molecule has 0 saturated heterocycles. The van der Waals surface area contributed by atoms with Crippen molar-refractivity contribution in [2.45, 2.75) is 24.7 Å².